The Hall–Kier alpha value is -3.32. The fourth-order valence-electron chi connectivity index (χ4n) is 2.54. The summed E-state index contributed by atoms with van der Waals surface area (Å²) in [5.74, 6) is 0.541. The molecule has 2 aromatic carbocycles. The first-order chi connectivity index (χ1) is 13.0. The van der Waals surface area contributed by atoms with Crippen LogP contribution in [0.1, 0.15) is 10.4 Å². The molecular formula is C20H19N3O3S. The Morgan fingerprint density at radius 1 is 1.07 bits per heavy atom. The summed E-state index contributed by atoms with van der Waals surface area (Å²) in [5.41, 5.74) is 6.39. The van der Waals surface area contributed by atoms with Gasteiger partial charge in [-0.15, -0.1) is 11.3 Å². The molecule has 0 aliphatic carbocycles. The van der Waals surface area contributed by atoms with Crippen LogP contribution in [0.25, 0.3) is 0 Å². The molecule has 3 N–H and O–H groups in total. The van der Waals surface area contributed by atoms with Gasteiger partial charge >= 0.3 is 0 Å². The highest BCUT2D eigenvalue weighted by atomic mass is 32.1. The Morgan fingerprint density at radius 3 is 2.52 bits per heavy atom. The summed E-state index contributed by atoms with van der Waals surface area (Å²) in [6, 6.07) is 18.5. The van der Waals surface area contributed by atoms with Gasteiger partial charge in [-0.3, -0.25) is 9.59 Å². The zero-order valence-corrected chi connectivity index (χ0v) is 15.5. The highest BCUT2D eigenvalue weighted by Gasteiger charge is 2.16. The van der Waals surface area contributed by atoms with Crippen molar-refractivity contribution in [1.29, 1.82) is 0 Å². The van der Waals surface area contributed by atoms with Gasteiger partial charge < -0.3 is 20.7 Å². The number of rotatable bonds is 7. The number of likely N-dealkylation sites (N-methyl/N-ethyl adjacent to an activating group) is 1. The van der Waals surface area contributed by atoms with Gasteiger partial charge in [-0.1, -0.05) is 30.3 Å². The average molecular weight is 381 g/mol. The van der Waals surface area contributed by atoms with Crippen molar-refractivity contribution in [3.8, 4) is 11.5 Å². The zero-order valence-electron chi connectivity index (χ0n) is 14.7. The van der Waals surface area contributed by atoms with Gasteiger partial charge in [0.15, 0.2) is 5.75 Å². The van der Waals surface area contributed by atoms with Crippen LogP contribution in [0.15, 0.2) is 66.0 Å². The number of nitrogens with two attached hydrogens (primary N) is 1. The Labute approximate surface area is 161 Å². The highest BCUT2D eigenvalue weighted by molar-refractivity contribution is 7.14. The number of amides is 2. The Morgan fingerprint density at radius 2 is 1.78 bits per heavy atom. The number of hydrogen-bond acceptors (Lipinski definition) is 5. The van der Waals surface area contributed by atoms with Crippen LogP contribution in [0.4, 0.5) is 10.7 Å². The van der Waals surface area contributed by atoms with Gasteiger partial charge in [-0.2, -0.15) is 0 Å². The minimum Gasteiger partial charge on any atom is -0.455 e. The fourth-order valence-corrected chi connectivity index (χ4v) is 3.35. The van der Waals surface area contributed by atoms with Gasteiger partial charge in [0.05, 0.1) is 17.8 Å². The summed E-state index contributed by atoms with van der Waals surface area (Å²) in [6.07, 6.45) is 0. The van der Waals surface area contributed by atoms with Crippen molar-refractivity contribution in [2.75, 3.05) is 23.8 Å². The van der Waals surface area contributed by atoms with Crippen molar-refractivity contribution in [2.45, 2.75) is 0 Å². The van der Waals surface area contributed by atoms with Crippen LogP contribution in [0.3, 0.4) is 0 Å². The smallest absolute Gasteiger partial charge is 0.251 e. The number of hydrogen-bond donors (Lipinski definition) is 2. The maximum Gasteiger partial charge on any atom is 0.251 e. The second-order valence-corrected chi connectivity index (χ2v) is 6.73. The van der Waals surface area contributed by atoms with E-state index in [1.165, 1.54) is 11.3 Å². The number of primary amides is 1. The molecule has 2 amide bonds. The molecule has 0 saturated carbocycles. The molecule has 0 spiro atoms. The molecule has 1 heterocycles. The van der Waals surface area contributed by atoms with Crippen LogP contribution in [-0.4, -0.2) is 25.4 Å². The molecule has 1 aromatic heterocycles. The second-order valence-electron chi connectivity index (χ2n) is 5.81. The lowest BCUT2D eigenvalue weighted by Gasteiger charge is -2.21. The predicted octanol–water partition coefficient (Wildman–Crippen LogP) is 3.71. The molecule has 0 aliphatic rings. The van der Waals surface area contributed by atoms with Gasteiger partial charge in [0, 0.05) is 7.05 Å². The third kappa shape index (κ3) is 4.65. The van der Waals surface area contributed by atoms with Crippen LogP contribution < -0.4 is 20.7 Å². The summed E-state index contributed by atoms with van der Waals surface area (Å²) >= 11 is 1.26. The molecule has 6 nitrogen and oxygen atoms in total. The van der Waals surface area contributed by atoms with Crippen molar-refractivity contribution in [2.24, 2.45) is 5.73 Å². The van der Waals surface area contributed by atoms with Gasteiger partial charge in [0.25, 0.3) is 5.91 Å². The SMILES string of the molecule is CN(CC(=O)Nc1sccc1C(N)=O)c1ccccc1Oc1ccccc1. The topological polar surface area (TPSA) is 84.7 Å². The van der Waals surface area contributed by atoms with Crippen molar-refractivity contribution in [1.82, 2.24) is 0 Å². The zero-order chi connectivity index (χ0) is 19.2. The van der Waals surface area contributed by atoms with Crippen molar-refractivity contribution in [3.05, 3.63) is 71.6 Å². The number of carbonyl (C=O) groups excluding carboxylic acids is 2. The molecule has 0 bridgehead atoms. The van der Waals surface area contributed by atoms with Crippen molar-refractivity contribution >= 4 is 33.8 Å². The fraction of sp³-hybridized carbons (Fsp3) is 0.100. The first kappa shape index (κ1) is 18.5. The Balaban J connectivity index is 1.70. The first-order valence-corrected chi connectivity index (χ1v) is 9.13. The maximum atomic E-state index is 12.4. The lowest BCUT2D eigenvalue weighted by molar-refractivity contribution is -0.114. The lowest BCUT2D eigenvalue weighted by Crippen LogP contribution is -2.30. The summed E-state index contributed by atoms with van der Waals surface area (Å²) < 4.78 is 5.94. The van der Waals surface area contributed by atoms with Crippen LogP contribution in [0.2, 0.25) is 0 Å². The Bertz CT molecular complexity index is 940. The van der Waals surface area contributed by atoms with Crippen molar-refractivity contribution in [3.63, 3.8) is 0 Å². The van der Waals surface area contributed by atoms with Crippen LogP contribution in [0, 0.1) is 0 Å². The van der Waals surface area contributed by atoms with E-state index < -0.39 is 5.91 Å². The van der Waals surface area contributed by atoms with Crippen LogP contribution >= 0.6 is 11.3 Å². The number of nitrogens with one attached hydrogen (secondary N) is 1. The van der Waals surface area contributed by atoms with E-state index in [2.05, 4.69) is 5.32 Å². The van der Waals surface area contributed by atoms with Gasteiger partial charge in [-0.25, -0.2) is 0 Å². The average Bonchev–Trinajstić information content (AvgIpc) is 3.11. The third-order valence-corrected chi connectivity index (χ3v) is 4.64. The third-order valence-electron chi connectivity index (χ3n) is 3.81. The number of ether oxygens (including phenoxy) is 1. The van der Waals surface area contributed by atoms with E-state index >= 15 is 0 Å². The van der Waals surface area contributed by atoms with E-state index in [1.54, 1.807) is 23.4 Å². The van der Waals surface area contributed by atoms with Crippen LogP contribution in [-0.2, 0) is 4.79 Å². The number of carbonyl (C=O) groups is 2. The normalized spacial score (nSPS) is 10.3. The van der Waals surface area contributed by atoms with E-state index in [9.17, 15) is 9.59 Å². The molecule has 27 heavy (non-hydrogen) atoms. The summed E-state index contributed by atoms with van der Waals surface area (Å²) in [7, 11) is 1.80. The predicted molar refractivity (Wildman–Crippen MR) is 108 cm³/mol. The summed E-state index contributed by atoms with van der Waals surface area (Å²) in [4.78, 5) is 25.6. The van der Waals surface area contributed by atoms with Gasteiger partial charge in [-0.05, 0) is 35.7 Å². The molecule has 0 atom stereocenters. The molecule has 0 saturated heterocycles. The van der Waals surface area contributed by atoms with Crippen molar-refractivity contribution < 1.29 is 14.3 Å². The summed E-state index contributed by atoms with van der Waals surface area (Å²) in [6.45, 7) is 0.0886. The monoisotopic (exact) mass is 381 g/mol. The van der Waals surface area contributed by atoms with E-state index in [-0.39, 0.29) is 12.5 Å². The van der Waals surface area contributed by atoms with E-state index in [4.69, 9.17) is 10.5 Å². The molecule has 7 heteroatoms. The maximum absolute atomic E-state index is 12.4. The van der Waals surface area contributed by atoms with Gasteiger partial charge in [0.2, 0.25) is 5.91 Å². The second kappa shape index (κ2) is 8.37. The molecule has 0 unspecified atom stereocenters. The number of benzene rings is 2. The molecule has 0 aliphatic heterocycles. The standard InChI is InChI=1S/C20H19N3O3S/c1-23(13-18(24)22-20-15(19(21)25)11-12-27-20)16-9-5-6-10-17(16)26-14-7-3-2-4-8-14/h2-12H,13H2,1H3,(H2,21,25)(H,22,24). The van der Waals surface area contributed by atoms with E-state index in [1.807, 2.05) is 54.6 Å². The minimum atomic E-state index is -0.568. The number of thiophene rings is 1. The minimum absolute atomic E-state index is 0.0886. The number of nitrogens with zero attached hydrogens (tertiary/aromatic N) is 1. The Kier molecular flexibility index (Phi) is 5.73. The highest BCUT2D eigenvalue weighted by Crippen LogP contribution is 2.31. The molecule has 3 rings (SSSR count). The molecule has 138 valence electrons. The quantitative estimate of drug-likeness (QED) is 0.653. The summed E-state index contributed by atoms with van der Waals surface area (Å²) in [5, 5.41) is 4.90. The van der Waals surface area contributed by atoms with Gasteiger partial charge in [0.1, 0.15) is 10.8 Å². The lowest BCUT2D eigenvalue weighted by atomic mass is 10.2. The molecule has 3 aromatic rings. The first-order valence-electron chi connectivity index (χ1n) is 8.25. The molecule has 0 fully saturated rings. The largest absolute Gasteiger partial charge is 0.455 e. The number of anilines is 2. The molecular weight excluding hydrogens is 362 g/mol. The van der Waals surface area contributed by atoms with E-state index in [0.717, 1.165) is 5.69 Å². The molecule has 0 radical (unpaired) electrons. The van der Waals surface area contributed by atoms with Crippen LogP contribution in [0.5, 0.6) is 11.5 Å². The van der Waals surface area contributed by atoms with E-state index in [0.29, 0.717) is 22.1 Å². The number of para-hydroxylation sites is 3.